The summed E-state index contributed by atoms with van der Waals surface area (Å²) in [6.07, 6.45) is 11.4. The molecule has 0 spiro atoms. The standard InChI is InChI=1S/C26H29Cl2N3S/c27-20-7-10-22(11-8-20)30-17-15-29(16-18-30)13-3-4-14-31-23-5-1-2-6-25(23)32-26-12-9-21(28)19-24(26)31/h1-2,5-12,19,23,25H,3-4,13-18H2. The molecule has 1 fully saturated rings. The molecule has 1 aliphatic carbocycles. The molecule has 2 heterocycles. The van der Waals surface area contributed by atoms with E-state index in [-0.39, 0.29) is 0 Å². The van der Waals surface area contributed by atoms with E-state index in [0.717, 1.165) is 42.8 Å². The average Bonchev–Trinajstić information content (AvgIpc) is 2.82. The zero-order chi connectivity index (χ0) is 21.9. The number of thioether (sulfide) groups is 1. The molecule has 0 N–H and O–H groups in total. The van der Waals surface area contributed by atoms with E-state index in [9.17, 15) is 0 Å². The number of fused-ring (bicyclic) bond motifs is 2. The Hall–Kier alpha value is -1.59. The molecular formula is C26H29Cl2N3S. The maximum atomic E-state index is 6.36. The lowest BCUT2D eigenvalue weighted by Crippen LogP contribution is -2.47. The molecule has 2 aromatic carbocycles. The van der Waals surface area contributed by atoms with Gasteiger partial charge < -0.3 is 9.80 Å². The Morgan fingerprint density at radius 3 is 2.34 bits per heavy atom. The number of allylic oxidation sites excluding steroid dienone is 2. The van der Waals surface area contributed by atoms with Crippen LogP contribution in [0, 0.1) is 0 Å². The quantitative estimate of drug-likeness (QED) is 0.439. The van der Waals surface area contributed by atoms with Crippen molar-refractivity contribution in [2.24, 2.45) is 0 Å². The lowest BCUT2D eigenvalue weighted by atomic mass is 10.0. The first-order chi connectivity index (χ1) is 15.7. The van der Waals surface area contributed by atoms with Crippen molar-refractivity contribution in [1.29, 1.82) is 0 Å². The third-order valence-electron chi connectivity index (χ3n) is 6.60. The van der Waals surface area contributed by atoms with Gasteiger partial charge in [0.25, 0.3) is 0 Å². The van der Waals surface area contributed by atoms with Crippen LogP contribution in [0.2, 0.25) is 10.0 Å². The average molecular weight is 487 g/mol. The second kappa shape index (κ2) is 10.1. The van der Waals surface area contributed by atoms with Gasteiger partial charge in [0.15, 0.2) is 0 Å². The first-order valence-corrected chi connectivity index (χ1v) is 13.1. The Bertz CT molecular complexity index is 983. The fourth-order valence-corrected chi connectivity index (χ4v) is 6.43. The third kappa shape index (κ3) is 4.99. The molecule has 3 aliphatic rings. The summed E-state index contributed by atoms with van der Waals surface area (Å²) in [7, 11) is 0. The van der Waals surface area contributed by atoms with Crippen molar-refractivity contribution in [3.63, 3.8) is 0 Å². The fraction of sp³-hybridized carbons (Fsp3) is 0.385. The van der Waals surface area contributed by atoms with Crippen molar-refractivity contribution in [2.45, 2.75) is 29.0 Å². The van der Waals surface area contributed by atoms with Gasteiger partial charge in [-0.25, -0.2) is 0 Å². The van der Waals surface area contributed by atoms with E-state index >= 15 is 0 Å². The second-order valence-corrected chi connectivity index (χ2v) is 10.8. The first-order valence-electron chi connectivity index (χ1n) is 11.5. The Morgan fingerprint density at radius 1 is 0.812 bits per heavy atom. The number of hydrogen-bond acceptors (Lipinski definition) is 4. The van der Waals surface area contributed by atoms with E-state index in [2.05, 4.69) is 63.3 Å². The normalized spacial score (nSPS) is 22.7. The number of nitrogens with zero attached hydrogens (tertiary/aromatic N) is 3. The van der Waals surface area contributed by atoms with Gasteiger partial charge in [0.1, 0.15) is 0 Å². The van der Waals surface area contributed by atoms with Crippen LogP contribution in [-0.2, 0) is 0 Å². The number of halogens is 2. The summed E-state index contributed by atoms with van der Waals surface area (Å²) in [5.74, 6) is 0. The van der Waals surface area contributed by atoms with Crippen LogP contribution in [0.25, 0.3) is 0 Å². The molecule has 0 saturated carbocycles. The maximum Gasteiger partial charge on any atom is 0.0634 e. The minimum Gasteiger partial charge on any atom is -0.369 e. The van der Waals surface area contributed by atoms with E-state index in [1.165, 1.54) is 35.7 Å². The largest absolute Gasteiger partial charge is 0.369 e. The summed E-state index contributed by atoms with van der Waals surface area (Å²) in [5, 5.41) is 2.10. The van der Waals surface area contributed by atoms with E-state index in [0.29, 0.717) is 11.3 Å². The molecule has 0 bridgehead atoms. The molecular weight excluding hydrogens is 457 g/mol. The molecule has 32 heavy (non-hydrogen) atoms. The summed E-state index contributed by atoms with van der Waals surface area (Å²) < 4.78 is 0. The van der Waals surface area contributed by atoms with E-state index in [4.69, 9.17) is 23.2 Å². The summed E-state index contributed by atoms with van der Waals surface area (Å²) in [6, 6.07) is 15.0. The van der Waals surface area contributed by atoms with Crippen LogP contribution in [0.1, 0.15) is 12.8 Å². The monoisotopic (exact) mass is 485 g/mol. The van der Waals surface area contributed by atoms with Gasteiger partial charge in [-0.3, -0.25) is 4.90 Å². The van der Waals surface area contributed by atoms with Gasteiger partial charge in [-0.2, -0.15) is 0 Å². The number of hydrogen-bond donors (Lipinski definition) is 0. The van der Waals surface area contributed by atoms with Crippen molar-refractivity contribution in [3.8, 4) is 0 Å². The molecule has 2 atom stereocenters. The van der Waals surface area contributed by atoms with E-state index in [1.807, 2.05) is 30.0 Å². The van der Waals surface area contributed by atoms with Gasteiger partial charge in [-0.15, -0.1) is 11.8 Å². The number of unbranched alkanes of at least 4 members (excludes halogenated alkanes) is 1. The van der Waals surface area contributed by atoms with Crippen LogP contribution in [0.15, 0.2) is 71.7 Å². The molecule has 3 nitrogen and oxygen atoms in total. The highest BCUT2D eigenvalue weighted by Crippen LogP contribution is 2.44. The van der Waals surface area contributed by atoms with Gasteiger partial charge in [0, 0.05) is 53.4 Å². The third-order valence-corrected chi connectivity index (χ3v) is 8.39. The van der Waals surface area contributed by atoms with Crippen molar-refractivity contribution < 1.29 is 0 Å². The van der Waals surface area contributed by atoms with Crippen LogP contribution in [0.4, 0.5) is 11.4 Å². The number of piperazine rings is 1. The SMILES string of the molecule is Clc1ccc(N2CCN(CCCCN3c4cc(Cl)ccc4SC4C=CC=CC43)CC2)cc1. The van der Waals surface area contributed by atoms with E-state index < -0.39 is 0 Å². The highest BCUT2D eigenvalue weighted by Gasteiger charge is 2.32. The highest BCUT2D eigenvalue weighted by molar-refractivity contribution is 8.00. The second-order valence-electron chi connectivity index (χ2n) is 8.66. The molecule has 0 amide bonds. The number of anilines is 2. The topological polar surface area (TPSA) is 9.72 Å². The summed E-state index contributed by atoms with van der Waals surface area (Å²) in [5.41, 5.74) is 2.57. The van der Waals surface area contributed by atoms with Gasteiger partial charge in [-0.05, 0) is 61.9 Å². The van der Waals surface area contributed by atoms with Crippen molar-refractivity contribution >= 4 is 46.3 Å². The predicted octanol–water partition coefficient (Wildman–Crippen LogP) is 6.37. The summed E-state index contributed by atoms with van der Waals surface area (Å²) in [6.45, 7) is 6.65. The highest BCUT2D eigenvalue weighted by atomic mass is 35.5. The van der Waals surface area contributed by atoms with Crippen LogP contribution >= 0.6 is 35.0 Å². The van der Waals surface area contributed by atoms with Gasteiger partial charge in [0.05, 0.1) is 17.0 Å². The molecule has 5 rings (SSSR count). The minimum atomic E-state index is 0.416. The van der Waals surface area contributed by atoms with Gasteiger partial charge in [-0.1, -0.05) is 47.5 Å². The van der Waals surface area contributed by atoms with E-state index in [1.54, 1.807) is 0 Å². The minimum absolute atomic E-state index is 0.416. The molecule has 0 aromatic heterocycles. The molecule has 6 heteroatoms. The Balaban J connectivity index is 1.13. The van der Waals surface area contributed by atoms with Gasteiger partial charge in [0.2, 0.25) is 0 Å². The van der Waals surface area contributed by atoms with Gasteiger partial charge >= 0.3 is 0 Å². The molecule has 1 saturated heterocycles. The number of rotatable bonds is 6. The van der Waals surface area contributed by atoms with Crippen LogP contribution in [-0.4, -0.2) is 55.5 Å². The summed E-state index contributed by atoms with van der Waals surface area (Å²) in [4.78, 5) is 8.98. The fourth-order valence-electron chi connectivity index (χ4n) is 4.86. The van der Waals surface area contributed by atoms with Crippen LogP contribution in [0.5, 0.6) is 0 Å². The Kier molecular flexibility index (Phi) is 7.03. The summed E-state index contributed by atoms with van der Waals surface area (Å²) >= 11 is 14.3. The van der Waals surface area contributed by atoms with Crippen molar-refractivity contribution in [3.05, 3.63) is 76.8 Å². The lowest BCUT2D eigenvalue weighted by molar-refractivity contribution is 0.253. The smallest absolute Gasteiger partial charge is 0.0634 e. The van der Waals surface area contributed by atoms with Crippen LogP contribution < -0.4 is 9.80 Å². The number of benzene rings is 2. The molecule has 168 valence electrons. The zero-order valence-electron chi connectivity index (χ0n) is 18.2. The van der Waals surface area contributed by atoms with Crippen molar-refractivity contribution in [1.82, 2.24) is 4.90 Å². The first kappa shape index (κ1) is 22.2. The molecule has 2 aliphatic heterocycles. The molecule has 2 unspecified atom stereocenters. The zero-order valence-corrected chi connectivity index (χ0v) is 20.5. The van der Waals surface area contributed by atoms with Crippen LogP contribution in [0.3, 0.4) is 0 Å². The Labute approximate surface area is 205 Å². The predicted molar refractivity (Wildman–Crippen MR) is 140 cm³/mol. The van der Waals surface area contributed by atoms with Crippen molar-refractivity contribution in [2.75, 3.05) is 49.1 Å². The maximum absolute atomic E-state index is 6.36. The lowest BCUT2D eigenvalue weighted by Gasteiger charge is -2.42. The Morgan fingerprint density at radius 2 is 1.53 bits per heavy atom. The molecule has 2 aromatic rings. The molecule has 0 radical (unpaired) electrons.